The van der Waals surface area contributed by atoms with Crippen molar-refractivity contribution >= 4 is 11.9 Å². The number of carbonyl (C=O) groups excluding carboxylic acids is 1. The van der Waals surface area contributed by atoms with Crippen LogP contribution in [0.15, 0.2) is 54.6 Å². The molecule has 0 spiro atoms. The van der Waals surface area contributed by atoms with Gasteiger partial charge in [0.2, 0.25) is 0 Å². The van der Waals surface area contributed by atoms with Crippen molar-refractivity contribution in [2.75, 3.05) is 0 Å². The lowest BCUT2D eigenvalue weighted by atomic mass is 10.0. The van der Waals surface area contributed by atoms with Gasteiger partial charge >= 0.3 is 11.9 Å². The van der Waals surface area contributed by atoms with E-state index in [1.807, 2.05) is 30.3 Å². The van der Waals surface area contributed by atoms with E-state index in [1.165, 1.54) is 12.1 Å². The lowest BCUT2D eigenvalue weighted by molar-refractivity contribution is -0.146. The molecule has 0 aliphatic heterocycles. The van der Waals surface area contributed by atoms with Crippen LogP contribution < -0.4 is 0 Å². The Hall–Kier alpha value is -2.66. The number of carbonyl (C=O) groups is 2. The summed E-state index contributed by atoms with van der Waals surface area (Å²) in [5, 5.41) is 18.5. The zero-order chi connectivity index (χ0) is 15.2. The Morgan fingerprint density at radius 2 is 1.62 bits per heavy atom. The molecule has 2 N–H and O–H groups in total. The van der Waals surface area contributed by atoms with Crippen molar-refractivity contribution in [3.63, 3.8) is 0 Å². The maximum atomic E-state index is 12.0. The SMILES string of the molecule is O=C(OCc1ccccc1)c1ccccc1C(O)C(=O)O. The van der Waals surface area contributed by atoms with Gasteiger partial charge in [0.1, 0.15) is 6.61 Å². The molecule has 21 heavy (non-hydrogen) atoms. The zero-order valence-electron chi connectivity index (χ0n) is 11.1. The Labute approximate surface area is 121 Å². The molecule has 0 radical (unpaired) electrons. The summed E-state index contributed by atoms with van der Waals surface area (Å²) in [6, 6.07) is 15.1. The Morgan fingerprint density at radius 1 is 1.00 bits per heavy atom. The van der Waals surface area contributed by atoms with Gasteiger partial charge in [-0.1, -0.05) is 48.5 Å². The molecular formula is C16H14O5. The van der Waals surface area contributed by atoms with Crippen LogP contribution in [0.2, 0.25) is 0 Å². The largest absolute Gasteiger partial charge is 0.479 e. The second kappa shape index (κ2) is 6.67. The van der Waals surface area contributed by atoms with Crippen LogP contribution >= 0.6 is 0 Å². The smallest absolute Gasteiger partial charge is 0.338 e. The molecule has 1 unspecified atom stereocenters. The van der Waals surface area contributed by atoms with Crippen LogP contribution in [0.5, 0.6) is 0 Å². The summed E-state index contributed by atoms with van der Waals surface area (Å²) in [7, 11) is 0. The van der Waals surface area contributed by atoms with Crippen LogP contribution in [-0.4, -0.2) is 22.2 Å². The van der Waals surface area contributed by atoms with Crippen LogP contribution in [0.4, 0.5) is 0 Å². The van der Waals surface area contributed by atoms with Gasteiger partial charge in [-0.25, -0.2) is 9.59 Å². The summed E-state index contributed by atoms with van der Waals surface area (Å²) in [6.45, 7) is 0.0805. The molecule has 2 rings (SSSR count). The summed E-state index contributed by atoms with van der Waals surface area (Å²) >= 11 is 0. The van der Waals surface area contributed by atoms with E-state index in [0.29, 0.717) is 0 Å². The van der Waals surface area contributed by atoms with Crippen LogP contribution in [0.25, 0.3) is 0 Å². The Balaban J connectivity index is 2.14. The maximum Gasteiger partial charge on any atom is 0.338 e. The molecule has 0 aromatic heterocycles. The molecule has 0 heterocycles. The van der Waals surface area contributed by atoms with Crippen LogP contribution in [0.1, 0.15) is 27.6 Å². The molecule has 0 bridgehead atoms. The fourth-order valence-electron chi connectivity index (χ4n) is 1.86. The highest BCUT2D eigenvalue weighted by atomic mass is 16.5. The molecule has 2 aromatic rings. The first kappa shape index (κ1) is 14.7. The second-order valence-electron chi connectivity index (χ2n) is 4.39. The maximum absolute atomic E-state index is 12.0. The van der Waals surface area contributed by atoms with Gasteiger partial charge in [-0.3, -0.25) is 0 Å². The fourth-order valence-corrected chi connectivity index (χ4v) is 1.86. The zero-order valence-corrected chi connectivity index (χ0v) is 11.1. The predicted molar refractivity (Wildman–Crippen MR) is 74.6 cm³/mol. The third-order valence-corrected chi connectivity index (χ3v) is 2.92. The van der Waals surface area contributed by atoms with E-state index in [1.54, 1.807) is 12.1 Å². The molecular weight excluding hydrogens is 272 g/mol. The van der Waals surface area contributed by atoms with Gasteiger partial charge in [0.05, 0.1) is 5.56 Å². The van der Waals surface area contributed by atoms with Crippen molar-refractivity contribution in [1.82, 2.24) is 0 Å². The van der Waals surface area contributed by atoms with Gasteiger partial charge in [0.15, 0.2) is 6.10 Å². The minimum absolute atomic E-state index is 0.0167. The number of hydrogen-bond acceptors (Lipinski definition) is 4. The molecule has 0 aliphatic carbocycles. The minimum atomic E-state index is -1.76. The van der Waals surface area contributed by atoms with Gasteiger partial charge in [-0.15, -0.1) is 0 Å². The number of hydrogen-bond donors (Lipinski definition) is 2. The van der Waals surface area contributed by atoms with Gasteiger partial charge < -0.3 is 14.9 Å². The summed E-state index contributed by atoms with van der Waals surface area (Å²) in [5.41, 5.74) is 0.883. The minimum Gasteiger partial charge on any atom is -0.479 e. The van der Waals surface area contributed by atoms with Crippen molar-refractivity contribution in [1.29, 1.82) is 0 Å². The Morgan fingerprint density at radius 3 is 2.29 bits per heavy atom. The molecule has 2 aromatic carbocycles. The first-order valence-corrected chi connectivity index (χ1v) is 6.30. The third-order valence-electron chi connectivity index (χ3n) is 2.92. The van der Waals surface area contributed by atoms with Crippen molar-refractivity contribution in [2.24, 2.45) is 0 Å². The first-order valence-electron chi connectivity index (χ1n) is 6.30. The van der Waals surface area contributed by atoms with Gasteiger partial charge in [0.25, 0.3) is 0 Å². The standard InChI is InChI=1S/C16H14O5/c17-14(15(18)19)12-8-4-5-9-13(12)16(20)21-10-11-6-2-1-3-7-11/h1-9,14,17H,10H2,(H,18,19). The van der Waals surface area contributed by atoms with Crippen molar-refractivity contribution in [3.8, 4) is 0 Å². The molecule has 1 atom stereocenters. The quantitative estimate of drug-likeness (QED) is 0.823. The molecule has 0 saturated heterocycles. The average molecular weight is 286 g/mol. The highest BCUT2D eigenvalue weighted by Crippen LogP contribution is 2.19. The normalized spacial score (nSPS) is 11.7. The van der Waals surface area contributed by atoms with E-state index in [9.17, 15) is 14.7 Å². The lowest BCUT2D eigenvalue weighted by Crippen LogP contribution is -2.16. The molecule has 0 aliphatic rings. The van der Waals surface area contributed by atoms with Crippen molar-refractivity contribution < 1.29 is 24.5 Å². The van der Waals surface area contributed by atoms with E-state index in [-0.39, 0.29) is 17.7 Å². The second-order valence-corrected chi connectivity index (χ2v) is 4.39. The third kappa shape index (κ3) is 3.67. The van der Waals surface area contributed by atoms with Crippen molar-refractivity contribution in [2.45, 2.75) is 12.7 Å². The lowest BCUT2D eigenvalue weighted by Gasteiger charge is -2.11. The van der Waals surface area contributed by atoms with Crippen LogP contribution in [0.3, 0.4) is 0 Å². The monoisotopic (exact) mass is 286 g/mol. The summed E-state index contributed by atoms with van der Waals surface area (Å²) in [4.78, 5) is 22.9. The van der Waals surface area contributed by atoms with Crippen LogP contribution in [-0.2, 0) is 16.1 Å². The predicted octanol–water partition coefficient (Wildman–Crippen LogP) is 2.16. The number of aliphatic carboxylic acids is 1. The topological polar surface area (TPSA) is 83.8 Å². The fraction of sp³-hybridized carbons (Fsp3) is 0.125. The first-order chi connectivity index (χ1) is 10.1. The van der Waals surface area contributed by atoms with Gasteiger partial charge in [-0.05, 0) is 11.6 Å². The molecule has 5 nitrogen and oxygen atoms in total. The number of esters is 1. The molecule has 5 heteroatoms. The average Bonchev–Trinajstić information content (AvgIpc) is 2.52. The number of rotatable bonds is 5. The number of carboxylic acid groups (broad SMARTS) is 1. The summed E-state index contributed by atoms with van der Waals surface area (Å²) in [6.07, 6.45) is -1.76. The molecule has 0 saturated carbocycles. The molecule has 0 fully saturated rings. The number of carboxylic acids is 1. The van der Waals surface area contributed by atoms with E-state index in [4.69, 9.17) is 9.84 Å². The Kier molecular flexibility index (Phi) is 4.68. The van der Waals surface area contributed by atoms with Gasteiger partial charge in [-0.2, -0.15) is 0 Å². The van der Waals surface area contributed by atoms with Crippen molar-refractivity contribution in [3.05, 3.63) is 71.3 Å². The number of benzene rings is 2. The van der Waals surface area contributed by atoms with Crippen LogP contribution in [0, 0.1) is 0 Å². The van der Waals surface area contributed by atoms with E-state index >= 15 is 0 Å². The molecule has 0 amide bonds. The van der Waals surface area contributed by atoms with E-state index < -0.39 is 18.0 Å². The summed E-state index contributed by atoms with van der Waals surface area (Å²) in [5.74, 6) is -2.09. The number of ether oxygens (including phenoxy) is 1. The highest BCUT2D eigenvalue weighted by Gasteiger charge is 2.23. The molecule has 108 valence electrons. The van der Waals surface area contributed by atoms with E-state index in [2.05, 4.69) is 0 Å². The van der Waals surface area contributed by atoms with Gasteiger partial charge in [0, 0.05) is 5.56 Å². The van der Waals surface area contributed by atoms with E-state index in [0.717, 1.165) is 5.56 Å². The number of aliphatic hydroxyl groups excluding tert-OH is 1. The highest BCUT2D eigenvalue weighted by molar-refractivity contribution is 5.93. The summed E-state index contributed by atoms with van der Waals surface area (Å²) < 4.78 is 5.14. The Bertz CT molecular complexity index is 636. The number of aliphatic hydroxyl groups is 1.